The van der Waals surface area contributed by atoms with Gasteiger partial charge in [0.15, 0.2) is 0 Å². The quantitative estimate of drug-likeness (QED) is 0.378. The number of rotatable bonds is 12. The Labute approximate surface area is 155 Å². The van der Waals surface area contributed by atoms with Crippen LogP contribution < -0.4 is 9.47 Å². The van der Waals surface area contributed by atoms with Gasteiger partial charge in [0.05, 0.1) is 13.7 Å². The van der Waals surface area contributed by atoms with Crippen molar-refractivity contribution in [3.05, 3.63) is 24.3 Å². The van der Waals surface area contributed by atoms with Gasteiger partial charge in [0, 0.05) is 0 Å². The van der Waals surface area contributed by atoms with Crippen molar-refractivity contribution < 1.29 is 9.47 Å². The maximum Gasteiger partial charge on any atom is 0.119 e. The lowest BCUT2D eigenvalue weighted by molar-refractivity contribution is 0.228. The molecule has 0 spiro atoms. The molecule has 1 saturated carbocycles. The number of hydrogen-bond acceptors (Lipinski definition) is 2. The van der Waals surface area contributed by atoms with Gasteiger partial charge in [0.2, 0.25) is 0 Å². The predicted octanol–water partition coefficient (Wildman–Crippen LogP) is 7.02. The van der Waals surface area contributed by atoms with E-state index < -0.39 is 0 Å². The molecule has 142 valence electrons. The molecule has 1 aromatic rings. The molecular formula is C23H38O2. The molecule has 0 atom stereocenters. The van der Waals surface area contributed by atoms with Crippen molar-refractivity contribution >= 4 is 0 Å². The second kappa shape index (κ2) is 12.2. The molecule has 0 N–H and O–H groups in total. The first-order chi connectivity index (χ1) is 12.3. The summed E-state index contributed by atoms with van der Waals surface area (Å²) in [5, 5.41) is 0. The number of ether oxygens (including phenoxy) is 2. The van der Waals surface area contributed by atoms with E-state index in [9.17, 15) is 0 Å². The van der Waals surface area contributed by atoms with Crippen molar-refractivity contribution in [2.24, 2.45) is 11.8 Å². The fourth-order valence-corrected chi connectivity index (χ4v) is 4.08. The van der Waals surface area contributed by atoms with E-state index in [1.807, 2.05) is 24.3 Å². The molecule has 0 aliphatic heterocycles. The monoisotopic (exact) mass is 346 g/mol. The van der Waals surface area contributed by atoms with Crippen molar-refractivity contribution in [3.63, 3.8) is 0 Å². The highest BCUT2D eigenvalue weighted by atomic mass is 16.5. The van der Waals surface area contributed by atoms with Gasteiger partial charge in [-0.15, -0.1) is 0 Å². The Kier molecular flexibility index (Phi) is 9.84. The van der Waals surface area contributed by atoms with Crippen molar-refractivity contribution in [2.75, 3.05) is 13.7 Å². The van der Waals surface area contributed by atoms with Gasteiger partial charge in [-0.3, -0.25) is 0 Å². The molecule has 0 radical (unpaired) electrons. The summed E-state index contributed by atoms with van der Waals surface area (Å²) in [4.78, 5) is 0. The molecule has 2 heteroatoms. The Balaban J connectivity index is 1.49. The minimum absolute atomic E-state index is 0.837. The van der Waals surface area contributed by atoms with Crippen LogP contribution in [0.2, 0.25) is 0 Å². The molecule has 2 nitrogen and oxygen atoms in total. The van der Waals surface area contributed by atoms with Crippen LogP contribution in [0.25, 0.3) is 0 Å². The van der Waals surface area contributed by atoms with Crippen LogP contribution in [-0.2, 0) is 0 Å². The van der Waals surface area contributed by atoms with Gasteiger partial charge in [-0.2, -0.15) is 0 Å². The Morgan fingerprint density at radius 3 is 1.92 bits per heavy atom. The third kappa shape index (κ3) is 8.16. The zero-order valence-electron chi connectivity index (χ0n) is 16.5. The molecule has 1 aliphatic carbocycles. The summed E-state index contributed by atoms with van der Waals surface area (Å²) < 4.78 is 11.0. The normalized spacial score (nSPS) is 20.4. The van der Waals surface area contributed by atoms with Crippen molar-refractivity contribution in [2.45, 2.75) is 84.0 Å². The molecule has 1 aliphatic rings. The second-order valence-electron chi connectivity index (χ2n) is 7.76. The van der Waals surface area contributed by atoms with Crippen LogP contribution in [0.1, 0.15) is 84.0 Å². The molecule has 1 aromatic carbocycles. The third-order valence-electron chi connectivity index (χ3n) is 5.77. The number of hydrogen-bond donors (Lipinski definition) is 0. The average molecular weight is 347 g/mol. The Morgan fingerprint density at radius 1 is 0.760 bits per heavy atom. The van der Waals surface area contributed by atoms with Crippen LogP contribution in [0.15, 0.2) is 24.3 Å². The molecule has 0 aromatic heterocycles. The first-order valence-electron chi connectivity index (χ1n) is 10.6. The molecule has 0 heterocycles. The van der Waals surface area contributed by atoms with Crippen LogP contribution in [0, 0.1) is 11.8 Å². The standard InChI is InChI=1S/C23H38O2/c1-3-4-5-6-7-9-20-11-13-21(14-12-20)10-8-19-25-23-17-15-22(24-2)16-18-23/h15-18,20-21H,3-14,19H2,1-2H3. The number of methoxy groups -OCH3 is 1. The van der Waals surface area contributed by atoms with E-state index in [1.54, 1.807) is 7.11 Å². The molecule has 25 heavy (non-hydrogen) atoms. The number of benzene rings is 1. The summed E-state index contributed by atoms with van der Waals surface area (Å²) in [6, 6.07) is 7.90. The Bertz CT molecular complexity index is 432. The molecule has 0 bridgehead atoms. The Morgan fingerprint density at radius 2 is 1.32 bits per heavy atom. The molecule has 0 unspecified atom stereocenters. The summed E-state index contributed by atoms with van der Waals surface area (Å²) in [6.07, 6.45) is 17.0. The summed E-state index contributed by atoms with van der Waals surface area (Å²) in [7, 11) is 1.69. The van der Waals surface area contributed by atoms with Crippen LogP contribution in [0.5, 0.6) is 11.5 Å². The summed E-state index contributed by atoms with van der Waals surface area (Å²) in [5.74, 6) is 3.80. The van der Waals surface area contributed by atoms with Crippen LogP contribution in [-0.4, -0.2) is 13.7 Å². The fraction of sp³-hybridized carbons (Fsp3) is 0.739. The lowest BCUT2D eigenvalue weighted by Crippen LogP contribution is -2.15. The van der Waals surface area contributed by atoms with Gasteiger partial charge in [0.25, 0.3) is 0 Å². The van der Waals surface area contributed by atoms with E-state index >= 15 is 0 Å². The van der Waals surface area contributed by atoms with Gasteiger partial charge in [0.1, 0.15) is 11.5 Å². The SMILES string of the molecule is CCCCCCCC1CCC(CCCOc2ccc(OC)cc2)CC1. The van der Waals surface area contributed by atoms with Gasteiger partial charge in [-0.1, -0.05) is 71.1 Å². The van der Waals surface area contributed by atoms with E-state index in [0.29, 0.717) is 0 Å². The molecule has 0 saturated heterocycles. The summed E-state index contributed by atoms with van der Waals surface area (Å²) in [6.45, 7) is 3.13. The van der Waals surface area contributed by atoms with E-state index in [-0.39, 0.29) is 0 Å². The number of unbranched alkanes of at least 4 members (excludes halogenated alkanes) is 4. The maximum absolute atomic E-state index is 5.85. The van der Waals surface area contributed by atoms with Gasteiger partial charge >= 0.3 is 0 Å². The van der Waals surface area contributed by atoms with Gasteiger partial charge < -0.3 is 9.47 Å². The molecule has 2 rings (SSSR count). The largest absolute Gasteiger partial charge is 0.497 e. The third-order valence-corrected chi connectivity index (χ3v) is 5.77. The minimum Gasteiger partial charge on any atom is -0.497 e. The van der Waals surface area contributed by atoms with Gasteiger partial charge in [-0.25, -0.2) is 0 Å². The average Bonchev–Trinajstić information content (AvgIpc) is 2.66. The molecule has 0 amide bonds. The minimum atomic E-state index is 0.837. The topological polar surface area (TPSA) is 18.5 Å². The predicted molar refractivity (Wildman–Crippen MR) is 107 cm³/mol. The lowest BCUT2D eigenvalue weighted by atomic mass is 9.78. The zero-order chi connectivity index (χ0) is 17.7. The highest BCUT2D eigenvalue weighted by molar-refractivity contribution is 5.31. The van der Waals surface area contributed by atoms with Crippen LogP contribution in [0.3, 0.4) is 0 Å². The lowest BCUT2D eigenvalue weighted by Gasteiger charge is -2.28. The fourth-order valence-electron chi connectivity index (χ4n) is 4.08. The Hall–Kier alpha value is -1.18. The zero-order valence-corrected chi connectivity index (χ0v) is 16.5. The summed E-state index contributed by atoms with van der Waals surface area (Å²) >= 11 is 0. The first-order valence-corrected chi connectivity index (χ1v) is 10.6. The molecular weight excluding hydrogens is 308 g/mol. The smallest absolute Gasteiger partial charge is 0.119 e. The van der Waals surface area contributed by atoms with E-state index in [2.05, 4.69) is 6.92 Å². The van der Waals surface area contributed by atoms with Crippen molar-refractivity contribution in [3.8, 4) is 11.5 Å². The highest BCUT2D eigenvalue weighted by Gasteiger charge is 2.20. The first kappa shape index (κ1) is 20.1. The van der Waals surface area contributed by atoms with Crippen molar-refractivity contribution in [1.82, 2.24) is 0 Å². The van der Waals surface area contributed by atoms with E-state index in [0.717, 1.165) is 29.9 Å². The van der Waals surface area contributed by atoms with Crippen LogP contribution >= 0.6 is 0 Å². The maximum atomic E-state index is 5.85. The van der Waals surface area contributed by atoms with Crippen LogP contribution in [0.4, 0.5) is 0 Å². The van der Waals surface area contributed by atoms with E-state index in [1.165, 1.54) is 77.0 Å². The highest BCUT2D eigenvalue weighted by Crippen LogP contribution is 2.34. The van der Waals surface area contributed by atoms with Crippen molar-refractivity contribution in [1.29, 1.82) is 0 Å². The van der Waals surface area contributed by atoms with E-state index in [4.69, 9.17) is 9.47 Å². The second-order valence-corrected chi connectivity index (χ2v) is 7.76. The molecule has 1 fully saturated rings. The van der Waals surface area contributed by atoms with Gasteiger partial charge in [-0.05, 0) is 48.9 Å². The summed E-state index contributed by atoms with van der Waals surface area (Å²) in [5.41, 5.74) is 0.